The third kappa shape index (κ3) is 2.99. The molecule has 0 aromatic heterocycles. The monoisotopic (exact) mass is 287 g/mol. The van der Waals surface area contributed by atoms with Crippen molar-refractivity contribution in [1.82, 2.24) is 5.32 Å². The minimum Gasteiger partial charge on any atom is -0.377 e. The highest BCUT2D eigenvalue weighted by molar-refractivity contribution is 5.26. The molecule has 0 amide bonds. The second-order valence-electron chi connectivity index (χ2n) is 5.36. The van der Waals surface area contributed by atoms with Crippen LogP contribution in [0.15, 0.2) is 24.3 Å². The van der Waals surface area contributed by atoms with Crippen LogP contribution in [-0.2, 0) is 17.3 Å². The standard InChI is InChI=1S/C15H20F3NO/c1-19-13(14(20-2)8-3-9-14)10-11-4-6-12(7-5-11)15(16,17)18/h4-7,13,19H,3,8-10H2,1-2H3. The molecule has 112 valence electrons. The Labute approximate surface area is 117 Å². The van der Waals surface area contributed by atoms with Crippen LogP contribution in [0, 0.1) is 0 Å². The zero-order valence-electron chi connectivity index (χ0n) is 11.8. The topological polar surface area (TPSA) is 21.3 Å². The SMILES string of the molecule is CNC(Cc1ccc(C(F)(F)F)cc1)C1(OC)CCC1. The number of alkyl halides is 3. The molecule has 1 unspecified atom stereocenters. The molecular weight excluding hydrogens is 267 g/mol. The molecule has 1 atom stereocenters. The van der Waals surface area contributed by atoms with Gasteiger partial charge in [-0.2, -0.15) is 13.2 Å². The maximum Gasteiger partial charge on any atom is 0.416 e. The van der Waals surface area contributed by atoms with Crippen molar-refractivity contribution in [3.8, 4) is 0 Å². The number of nitrogens with one attached hydrogen (secondary N) is 1. The van der Waals surface area contributed by atoms with Crippen LogP contribution in [0.1, 0.15) is 30.4 Å². The maximum atomic E-state index is 12.5. The van der Waals surface area contributed by atoms with E-state index in [0.717, 1.165) is 37.0 Å². The third-order valence-corrected chi connectivity index (χ3v) is 4.31. The molecule has 0 radical (unpaired) electrons. The first-order valence-corrected chi connectivity index (χ1v) is 6.80. The van der Waals surface area contributed by atoms with E-state index in [1.807, 2.05) is 7.05 Å². The van der Waals surface area contributed by atoms with Crippen molar-refractivity contribution < 1.29 is 17.9 Å². The normalized spacial score (nSPS) is 19.4. The summed E-state index contributed by atoms with van der Waals surface area (Å²) in [6.45, 7) is 0. The summed E-state index contributed by atoms with van der Waals surface area (Å²) in [5, 5.41) is 3.24. The van der Waals surface area contributed by atoms with Gasteiger partial charge in [0.1, 0.15) is 0 Å². The van der Waals surface area contributed by atoms with Gasteiger partial charge in [-0.05, 0) is 50.4 Å². The number of hydrogen-bond donors (Lipinski definition) is 1. The fourth-order valence-corrected chi connectivity index (χ4v) is 2.84. The van der Waals surface area contributed by atoms with E-state index < -0.39 is 11.7 Å². The van der Waals surface area contributed by atoms with Crippen molar-refractivity contribution >= 4 is 0 Å². The van der Waals surface area contributed by atoms with Crippen LogP contribution in [0.25, 0.3) is 0 Å². The van der Waals surface area contributed by atoms with Crippen molar-refractivity contribution in [2.75, 3.05) is 14.2 Å². The lowest BCUT2D eigenvalue weighted by atomic mass is 9.72. The van der Waals surface area contributed by atoms with Crippen LogP contribution < -0.4 is 5.32 Å². The Morgan fingerprint density at radius 2 is 1.85 bits per heavy atom. The molecule has 1 aliphatic rings. The van der Waals surface area contributed by atoms with Gasteiger partial charge >= 0.3 is 6.18 Å². The molecule has 20 heavy (non-hydrogen) atoms. The molecule has 2 rings (SSSR count). The molecular formula is C15H20F3NO. The van der Waals surface area contributed by atoms with Gasteiger partial charge in [0.2, 0.25) is 0 Å². The Morgan fingerprint density at radius 3 is 2.20 bits per heavy atom. The molecule has 5 heteroatoms. The zero-order valence-corrected chi connectivity index (χ0v) is 11.8. The van der Waals surface area contributed by atoms with E-state index in [2.05, 4.69) is 5.32 Å². The van der Waals surface area contributed by atoms with Crippen LogP contribution in [0.5, 0.6) is 0 Å². The van der Waals surface area contributed by atoms with E-state index >= 15 is 0 Å². The largest absolute Gasteiger partial charge is 0.416 e. The Bertz CT molecular complexity index is 432. The van der Waals surface area contributed by atoms with Crippen LogP contribution in [-0.4, -0.2) is 25.8 Å². The number of rotatable bonds is 5. The smallest absolute Gasteiger partial charge is 0.377 e. The van der Waals surface area contributed by atoms with Gasteiger partial charge in [0.05, 0.1) is 11.2 Å². The molecule has 1 N–H and O–H groups in total. The summed E-state index contributed by atoms with van der Waals surface area (Å²) in [5.74, 6) is 0. The van der Waals surface area contributed by atoms with Crippen LogP contribution in [0.2, 0.25) is 0 Å². The average Bonchev–Trinajstić information content (AvgIpc) is 2.36. The number of ether oxygens (including phenoxy) is 1. The minimum atomic E-state index is -4.28. The maximum absolute atomic E-state index is 12.5. The molecule has 1 aliphatic carbocycles. The van der Waals surface area contributed by atoms with Crippen molar-refractivity contribution in [3.63, 3.8) is 0 Å². The molecule has 1 aromatic rings. The molecule has 0 aliphatic heterocycles. The van der Waals surface area contributed by atoms with Gasteiger partial charge in [-0.15, -0.1) is 0 Å². The molecule has 1 aromatic carbocycles. The average molecular weight is 287 g/mol. The van der Waals surface area contributed by atoms with Crippen molar-refractivity contribution in [2.24, 2.45) is 0 Å². The first-order chi connectivity index (χ1) is 9.41. The first-order valence-electron chi connectivity index (χ1n) is 6.80. The molecule has 0 heterocycles. The zero-order chi connectivity index (χ0) is 14.8. The van der Waals surface area contributed by atoms with Gasteiger partial charge in [-0.25, -0.2) is 0 Å². The summed E-state index contributed by atoms with van der Waals surface area (Å²) in [4.78, 5) is 0. The van der Waals surface area contributed by atoms with E-state index in [9.17, 15) is 13.2 Å². The predicted molar refractivity (Wildman–Crippen MR) is 71.6 cm³/mol. The highest BCUT2D eigenvalue weighted by Crippen LogP contribution is 2.39. The second kappa shape index (κ2) is 5.74. The summed E-state index contributed by atoms with van der Waals surface area (Å²) < 4.78 is 43.2. The van der Waals surface area contributed by atoms with Gasteiger partial charge in [-0.1, -0.05) is 12.1 Å². The van der Waals surface area contributed by atoms with Gasteiger partial charge in [-0.3, -0.25) is 0 Å². The first kappa shape index (κ1) is 15.3. The highest BCUT2D eigenvalue weighted by atomic mass is 19.4. The van der Waals surface area contributed by atoms with Gasteiger partial charge in [0.25, 0.3) is 0 Å². The summed E-state index contributed by atoms with van der Waals surface area (Å²) in [5.41, 5.74) is 0.116. The van der Waals surface area contributed by atoms with E-state index in [-0.39, 0.29) is 11.6 Å². The number of benzene rings is 1. The quantitative estimate of drug-likeness (QED) is 0.896. The molecule has 1 saturated carbocycles. The van der Waals surface area contributed by atoms with Crippen molar-refractivity contribution in [1.29, 1.82) is 0 Å². The number of hydrogen-bond acceptors (Lipinski definition) is 2. The summed E-state index contributed by atoms with van der Waals surface area (Å²) in [6.07, 6.45) is -0.477. The Kier molecular flexibility index (Phi) is 4.39. The molecule has 0 saturated heterocycles. The number of methoxy groups -OCH3 is 1. The highest BCUT2D eigenvalue weighted by Gasteiger charge is 2.43. The van der Waals surface area contributed by atoms with E-state index in [1.165, 1.54) is 0 Å². The van der Waals surface area contributed by atoms with Crippen LogP contribution in [0.4, 0.5) is 13.2 Å². The summed E-state index contributed by atoms with van der Waals surface area (Å²) >= 11 is 0. The van der Waals surface area contributed by atoms with E-state index in [4.69, 9.17) is 4.74 Å². The lowest BCUT2D eigenvalue weighted by Crippen LogP contribution is -2.56. The van der Waals surface area contributed by atoms with Gasteiger partial charge < -0.3 is 10.1 Å². The lowest BCUT2D eigenvalue weighted by Gasteiger charge is -2.46. The Hall–Kier alpha value is -1.07. The van der Waals surface area contributed by atoms with Crippen LogP contribution in [0.3, 0.4) is 0 Å². The van der Waals surface area contributed by atoms with Crippen LogP contribution >= 0.6 is 0 Å². The fourth-order valence-electron chi connectivity index (χ4n) is 2.84. The molecule has 0 bridgehead atoms. The minimum absolute atomic E-state index is 0.123. The third-order valence-electron chi connectivity index (χ3n) is 4.31. The van der Waals surface area contributed by atoms with E-state index in [0.29, 0.717) is 6.42 Å². The van der Waals surface area contributed by atoms with Crippen molar-refractivity contribution in [2.45, 2.75) is 43.5 Å². The van der Waals surface area contributed by atoms with Gasteiger partial charge in [0.15, 0.2) is 0 Å². The van der Waals surface area contributed by atoms with Gasteiger partial charge in [0, 0.05) is 13.2 Å². The number of halogens is 3. The lowest BCUT2D eigenvalue weighted by molar-refractivity contribution is -0.137. The molecule has 0 spiro atoms. The Morgan fingerprint density at radius 1 is 1.25 bits per heavy atom. The summed E-state index contributed by atoms with van der Waals surface area (Å²) in [7, 11) is 3.57. The predicted octanol–water partition coefficient (Wildman–Crippen LogP) is 3.41. The second-order valence-corrected chi connectivity index (χ2v) is 5.36. The molecule has 1 fully saturated rings. The molecule has 2 nitrogen and oxygen atoms in total. The fraction of sp³-hybridized carbons (Fsp3) is 0.600. The van der Waals surface area contributed by atoms with Crippen molar-refractivity contribution in [3.05, 3.63) is 35.4 Å². The summed E-state index contributed by atoms with van der Waals surface area (Å²) in [6, 6.07) is 5.51. The Balaban J connectivity index is 2.08. The number of likely N-dealkylation sites (N-methyl/N-ethyl adjacent to an activating group) is 1. The van der Waals surface area contributed by atoms with E-state index in [1.54, 1.807) is 19.2 Å².